The Hall–Kier alpha value is -1.75. The van der Waals surface area contributed by atoms with Gasteiger partial charge < -0.3 is 10.4 Å². The summed E-state index contributed by atoms with van der Waals surface area (Å²) in [7, 11) is 0. The van der Waals surface area contributed by atoms with E-state index in [1.807, 2.05) is 24.3 Å². The number of benzene rings is 1. The Balaban J connectivity index is 1.77. The first-order valence-electron chi connectivity index (χ1n) is 5.76. The van der Waals surface area contributed by atoms with E-state index in [0.29, 0.717) is 12.5 Å². The second-order valence-electron chi connectivity index (χ2n) is 4.64. The summed E-state index contributed by atoms with van der Waals surface area (Å²) in [5.41, 5.74) is 1.68. The highest BCUT2D eigenvalue weighted by molar-refractivity contribution is 5.73. The van der Waals surface area contributed by atoms with Gasteiger partial charge in [0, 0.05) is 12.0 Å². The SMILES string of the molecule is OCC1(CNc2nnc3ccccc3n2)CC1. The zero-order valence-electron chi connectivity index (χ0n) is 9.43. The highest BCUT2D eigenvalue weighted by Gasteiger charge is 2.41. The van der Waals surface area contributed by atoms with Gasteiger partial charge in [0.2, 0.25) is 5.95 Å². The van der Waals surface area contributed by atoms with Crippen LogP contribution in [0, 0.1) is 5.41 Å². The van der Waals surface area contributed by atoms with Crippen molar-refractivity contribution in [1.29, 1.82) is 0 Å². The van der Waals surface area contributed by atoms with E-state index in [2.05, 4.69) is 20.5 Å². The summed E-state index contributed by atoms with van der Waals surface area (Å²) >= 11 is 0. The zero-order chi connectivity index (χ0) is 11.7. The van der Waals surface area contributed by atoms with Crippen LogP contribution in [0.5, 0.6) is 0 Å². The van der Waals surface area contributed by atoms with Crippen molar-refractivity contribution < 1.29 is 5.11 Å². The Kier molecular flexibility index (Phi) is 2.40. The van der Waals surface area contributed by atoms with Crippen LogP contribution in [0.15, 0.2) is 24.3 Å². The number of para-hydroxylation sites is 1. The van der Waals surface area contributed by atoms with E-state index in [1.54, 1.807) is 0 Å². The number of aromatic nitrogens is 3. The summed E-state index contributed by atoms with van der Waals surface area (Å²) in [5, 5.41) is 20.5. The van der Waals surface area contributed by atoms with Crippen LogP contribution in [0.25, 0.3) is 11.0 Å². The van der Waals surface area contributed by atoms with Gasteiger partial charge in [-0.2, -0.15) is 0 Å². The number of nitrogens with one attached hydrogen (secondary N) is 1. The van der Waals surface area contributed by atoms with Crippen LogP contribution >= 0.6 is 0 Å². The first kappa shape index (κ1) is 10.4. The number of aliphatic hydroxyl groups excluding tert-OH is 1. The zero-order valence-corrected chi connectivity index (χ0v) is 9.43. The summed E-state index contributed by atoms with van der Waals surface area (Å²) < 4.78 is 0. The van der Waals surface area contributed by atoms with E-state index >= 15 is 0 Å². The second kappa shape index (κ2) is 3.92. The normalized spacial score (nSPS) is 17.0. The maximum Gasteiger partial charge on any atom is 0.243 e. The third kappa shape index (κ3) is 2.06. The Morgan fingerprint density at radius 3 is 2.65 bits per heavy atom. The minimum atomic E-state index is 0.0506. The predicted molar refractivity (Wildman–Crippen MR) is 64.6 cm³/mol. The molecule has 0 spiro atoms. The number of nitrogens with zero attached hydrogens (tertiary/aromatic N) is 3. The molecule has 5 heteroatoms. The van der Waals surface area contributed by atoms with Crippen molar-refractivity contribution in [2.45, 2.75) is 12.8 Å². The van der Waals surface area contributed by atoms with Crippen molar-refractivity contribution in [1.82, 2.24) is 15.2 Å². The van der Waals surface area contributed by atoms with Crippen molar-refractivity contribution in [3.05, 3.63) is 24.3 Å². The molecule has 0 bridgehead atoms. The number of aliphatic hydroxyl groups is 1. The average Bonchev–Trinajstić information content (AvgIpc) is 3.17. The van der Waals surface area contributed by atoms with Crippen LogP contribution in [-0.4, -0.2) is 33.4 Å². The molecule has 0 unspecified atom stereocenters. The summed E-state index contributed by atoms with van der Waals surface area (Å²) in [6, 6.07) is 7.64. The molecule has 17 heavy (non-hydrogen) atoms. The second-order valence-corrected chi connectivity index (χ2v) is 4.64. The summed E-state index contributed by atoms with van der Waals surface area (Å²) in [6.07, 6.45) is 2.13. The quantitative estimate of drug-likeness (QED) is 0.826. The van der Waals surface area contributed by atoms with Gasteiger partial charge in [-0.15, -0.1) is 10.2 Å². The molecule has 0 saturated heterocycles. The lowest BCUT2D eigenvalue weighted by Crippen LogP contribution is -2.20. The van der Waals surface area contributed by atoms with Gasteiger partial charge in [-0.05, 0) is 25.0 Å². The number of anilines is 1. The molecule has 1 aromatic heterocycles. The van der Waals surface area contributed by atoms with Crippen LogP contribution in [0.2, 0.25) is 0 Å². The monoisotopic (exact) mass is 230 g/mol. The molecule has 0 atom stereocenters. The molecule has 1 fully saturated rings. The minimum Gasteiger partial charge on any atom is -0.396 e. The fourth-order valence-electron chi connectivity index (χ4n) is 1.79. The van der Waals surface area contributed by atoms with E-state index in [0.717, 1.165) is 23.9 Å². The molecular formula is C12H14N4O. The molecule has 2 aromatic rings. The van der Waals surface area contributed by atoms with E-state index in [1.165, 1.54) is 0 Å². The minimum absolute atomic E-state index is 0.0506. The van der Waals surface area contributed by atoms with Crippen molar-refractivity contribution in [2.75, 3.05) is 18.5 Å². The smallest absolute Gasteiger partial charge is 0.243 e. The Morgan fingerprint density at radius 1 is 1.18 bits per heavy atom. The Morgan fingerprint density at radius 2 is 1.94 bits per heavy atom. The van der Waals surface area contributed by atoms with Crippen LogP contribution in [0.1, 0.15) is 12.8 Å². The first-order chi connectivity index (χ1) is 8.31. The maximum atomic E-state index is 9.21. The van der Waals surface area contributed by atoms with Crippen LogP contribution in [0.4, 0.5) is 5.95 Å². The maximum absolute atomic E-state index is 9.21. The van der Waals surface area contributed by atoms with Crippen molar-refractivity contribution in [3.8, 4) is 0 Å². The van der Waals surface area contributed by atoms with Crippen LogP contribution < -0.4 is 5.32 Å². The Bertz CT molecular complexity index is 539. The third-order valence-corrected chi connectivity index (χ3v) is 3.27. The summed E-state index contributed by atoms with van der Waals surface area (Å²) in [5.74, 6) is 0.531. The molecule has 1 heterocycles. The van der Waals surface area contributed by atoms with Gasteiger partial charge in [0.05, 0.1) is 12.1 Å². The van der Waals surface area contributed by atoms with E-state index < -0.39 is 0 Å². The van der Waals surface area contributed by atoms with E-state index in [-0.39, 0.29) is 12.0 Å². The molecule has 1 aliphatic rings. The number of hydrogen-bond donors (Lipinski definition) is 2. The van der Waals surface area contributed by atoms with Gasteiger partial charge in [0.25, 0.3) is 0 Å². The van der Waals surface area contributed by atoms with Crippen LogP contribution in [-0.2, 0) is 0 Å². The van der Waals surface area contributed by atoms with Crippen molar-refractivity contribution >= 4 is 17.0 Å². The molecule has 1 aromatic carbocycles. The molecule has 88 valence electrons. The molecule has 2 N–H and O–H groups in total. The Labute approximate surface area is 98.9 Å². The van der Waals surface area contributed by atoms with Gasteiger partial charge in [0.15, 0.2) is 0 Å². The molecule has 1 saturated carbocycles. The standard InChI is InChI=1S/C12H14N4O/c17-8-12(5-6-12)7-13-11-14-9-3-1-2-4-10(9)15-16-11/h1-4,17H,5-8H2,(H,13,14,16). The van der Waals surface area contributed by atoms with Crippen molar-refractivity contribution in [2.24, 2.45) is 5.41 Å². The molecule has 0 amide bonds. The highest BCUT2D eigenvalue weighted by atomic mass is 16.3. The number of rotatable bonds is 4. The van der Waals surface area contributed by atoms with Gasteiger partial charge in [0.1, 0.15) is 5.52 Å². The molecule has 0 radical (unpaired) electrons. The molecule has 1 aliphatic carbocycles. The number of fused-ring (bicyclic) bond motifs is 1. The fraction of sp³-hybridized carbons (Fsp3) is 0.417. The first-order valence-corrected chi connectivity index (χ1v) is 5.76. The van der Waals surface area contributed by atoms with Gasteiger partial charge in [-0.3, -0.25) is 0 Å². The lowest BCUT2D eigenvalue weighted by atomic mass is 10.1. The largest absolute Gasteiger partial charge is 0.396 e. The molecular weight excluding hydrogens is 216 g/mol. The molecule has 3 rings (SSSR count). The average molecular weight is 230 g/mol. The molecule has 0 aliphatic heterocycles. The lowest BCUT2D eigenvalue weighted by molar-refractivity contribution is 0.219. The van der Waals surface area contributed by atoms with Crippen LogP contribution in [0.3, 0.4) is 0 Å². The summed E-state index contributed by atoms with van der Waals surface area (Å²) in [4.78, 5) is 4.37. The topological polar surface area (TPSA) is 70.9 Å². The number of hydrogen-bond acceptors (Lipinski definition) is 5. The van der Waals surface area contributed by atoms with E-state index in [9.17, 15) is 5.11 Å². The van der Waals surface area contributed by atoms with Gasteiger partial charge in [-0.1, -0.05) is 12.1 Å². The van der Waals surface area contributed by atoms with E-state index in [4.69, 9.17) is 0 Å². The van der Waals surface area contributed by atoms with Crippen molar-refractivity contribution in [3.63, 3.8) is 0 Å². The summed E-state index contributed by atoms with van der Waals surface area (Å²) in [6.45, 7) is 0.935. The van der Waals surface area contributed by atoms with Gasteiger partial charge >= 0.3 is 0 Å². The highest BCUT2D eigenvalue weighted by Crippen LogP contribution is 2.44. The molecule has 5 nitrogen and oxygen atoms in total. The predicted octanol–water partition coefficient (Wildman–Crippen LogP) is 1.21. The fourth-order valence-corrected chi connectivity index (χ4v) is 1.79. The lowest BCUT2D eigenvalue weighted by Gasteiger charge is -2.12. The third-order valence-electron chi connectivity index (χ3n) is 3.27. The van der Waals surface area contributed by atoms with Gasteiger partial charge in [-0.25, -0.2) is 4.98 Å².